The van der Waals surface area contributed by atoms with Gasteiger partial charge in [0.1, 0.15) is 28.3 Å². The van der Waals surface area contributed by atoms with E-state index < -0.39 is 0 Å². The van der Waals surface area contributed by atoms with E-state index in [0.29, 0.717) is 18.0 Å². The van der Waals surface area contributed by atoms with E-state index in [1.807, 2.05) is 47.4 Å². The summed E-state index contributed by atoms with van der Waals surface area (Å²) in [6.45, 7) is 17.4. The fourth-order valence-electron chi connectivity index (χ4n) is 6.42. The molecule has 1 saturated heterocycles. The fraction of sp³-hybridized carbons (Fsp3) is 0.457. The van der Waals surface area contributed by atoms with Crippen LogP contribution in [0.1, 0.15) is 66.0 Å². The summed E-state index contributed by atoms with van der Waals surface area (Å²) in [5.74, 6) is 0.283. The van der Waals surface area contributed by atoms with Crippen molar-refractivity contribution < 1.29 is 13.9 Å². The minimum absolute atomic E-state index is 0.0193. The van der Waals surface area contributed by atoms with Gasteiger partial charge in [-0.3, -0.25) is 9.69 Å². The molecule has 2 unspecified atom stereocenters. The van der Waals surface area contributed by atoms with E-state index in [4.69, 9.17) is 14.9 Å². The number of nitrogens with zero attached hydrogens (tertiary/aromatic N) is 5. The zero-order chi connectivity index (χ0) is 30.9. The summed E-state index contributed by atoms with van der Waals surface area (Å²) < 4.78 is 19.6. The van der Waals surface area contributed by atoms with Gasteiger partial charge in [0.15, 0.2) is 6.61 Å². The van der Waals surface area contributed by atoms with Gasteiger partial charge in [-0.1, -0.05) is 65.0 Å². The van der Waals surface area contributed by atoms with Crippen molar-refractivity contribution in [2.45, 2.75) is 78.9 Å². The van der Waals surface area contributed by atoms with Crippen LogP contribution in [0.4, 0.5) is 4.39 Å². The van der Waals surface area contributed by atoms with Gasteiger partial charge in [0.05, 0.1) is 0 Å². The van der Waals surface area contributed by atoms with Crippen LogP contribution in [0.2, 0.25) is 0 Å². The first-order chi connectivity index (χ1) is 20.3. The maximum Gasteiger partial charge on any atom is 0.260 e. The molecule has 1 fully saturated rings. The number of ether oxygens (including phenoxy) is 1. The maximum absolute atomic E-state index is 13.5. The molecule has 7 nitrogen and oxygen atoms in total. The van der Waals surface area contributed by atoms with Crippen molar-refractivity contribution in [2.24, 2.45) is 5.41 Å². The third kappa shape index (κ3) is 7.24. The number of carbonyl (C=O) groups excluding carboxylic acids is 1. The molecular formula is C35H44FN5O2. The summed E-state index contributed by atoms with van der Waals surface area (Å²) in [7, 11) is 0. The highest BCUT2D eigenvalue weighted by Gasteiger charge is 2.33. The zero-order valence-electron chi connectivity index (χ0n) is 26.5. The predicted molar refractivity (Wildman–Crippen MR) is 169 cm³/mol. The Morgan fingerprint density at radius 3 is 2.19 bits per heavy atom. The minimum Gasteiger partial charge on any atom is -0.481 e. The normalized spacial score (nSPS) is 18.3. The van der Waals surface area contributed by atoms with Gasteiger partial charge in [0, 0.05) is 31.7 Å². The standard InChI is InChI=1S/C35H44FN5O2/c1-24-20-40(25(2)19-39(24)21-26-12-15-28(36)16-13-26)33(42)22-43-32-17-14-27(35(6,7)23-34(3,4)5)18-31(32)41-37-29-10-8-9-11-30(29)38-41/h8-18,24-25H,19-23H2,1-7H3. The molecule has 0 radical (unpaired) electrons. The molecule has 1 aliphatic rings. The molecule has 228 valence electrons. The van der Waals surface area contributed by atoms with Gasteiger partial charge in [0.2, 0.25) is 0 Å². The summed E-state index contributed by atoms with van der Waals surface area (Å²) in [5, 5.41) is 9.46. The highest BCUT2D eigenvalue weighted by molar-refractivity contribution is 5.78. The van der Waals surface area contributed by atoms with Crippen LogP contribution in [0, 0.1) is 11.2 Å². The molecule has 1 aromatic heterocycles. The molecule has 2 atom stereocenters. The molecule has 0 N–H and O–H groups in total. The van der Waals surface area contributed by atoms with Crippen molar-refractivity contribution in [2.75, 3.05) is 19.7 Å². The Morgan fingerprint density at radius 1 is 0.907 bits per heavy atom. The van der Waals surface area contributed by atoms with E-state index in [1.165, 1.54) is 12.1 Å². The lowest BCUT2D eigenvalue weighted by molar-refractivity contribution is -0.139. The van der Waals surface area contributed by atoms with Crippen LogP contribution in [0.5, 0.6) is 5.75 Å². The predicted octanol–water partition coefficient (Wildman–Crippen LogP) is 6.77. The monoisotopic (exact) mass is 585 g/mol. The third-order valence-corrected chi connectivity index (χ3v) is 8.30. The van der Waals surface area contributed by atoms with Gasteiger partial charge in [-0.25, -0.2) is 4.39 Å². The van der Waals surface area contributed by atoms with Gasteiger partial charge in [0.25, 0.3) is 5.91 Å². The molecule has 1 amide bonds. The first-order valence-corrected chi connectivity index (χ1v) is 15.2. The SMILES string of the molecule is CC1CN(C(=O)COc2ccc(C(C)(C)CC(C)(C)C)cc2-n2nc3ccccc3n2)C(C)CN1Cc1ccc(F)cc1. The van der Waals surface area contributed by atoms with Gasteiger partial charge in [-0.05, 0) is 78.6 Å². The molecule has 0 saturated carbocycles. The second-order valence-corrected chi connectivity index (χ2v) is 13.9. The quantitative estimate of drug-likeness (QED) is 0.228. The van der Waals surface area contributed by atoms with Crippen LogP contribution in [0.3, 0.4) is 0 Å². The molecule has 8 heteroatoms. The molecule has 3 aromatic carbocycles. The van der Waals surface area contributed by atoms with Crippen LogP contribution >= 0.6 is 0 Å². The third-order valence-electron chi connectivity index (χ3n) is 8.30. The molecule has 0 aliphatic carbocycles. The number of amides is 1. The Balaban J connectivity index is 1.34. The Kier molecular flexibility index (Phi) is 8.61. The van der Waals surface area contributed by atoms with Crippen molar-refractivity contribution >= 4 is 16.9 Å². The molecule has 0 bridgehead atoms. The number of halogens is 1. The second-order valence-electron chi connectivity index (χ2n) is 13.9. The van der Waals surface area contributed by atoms with E-state index in [1.54, 1.807) is 4.80 Å². The topological polar surface area (TPSA) is 63.5 Å². The summed E-state index contributed by atoms with van der Waals surface area (Å²) >= 11 is 0. The number of hydrogen-bond donors (Lipinski definition) is 0. The van der Waals surface area contributed by atoms with Crippen LogP contribution in [0.15, 0.2) is 66.7 Å². The number of carbonyl (C=O) groups is 1. The lowest BCUT2D eigenvalue weighted by Crippen LogP contribution is -2.58. The average Bonchev–Trinajstić information content (AvgIpc) is 3.37. The summed E-state index contributed by atoms with van der Waals surface area (Å²) in [5.41, 5.74) is 4.60. The van der Waals surface area contributed by atoms with Crippen LogP contribution < -0.4 is 4.74 Å². The number of hydrogen-bond acceptors (Lipinski definition) is 5. The lowest BCUT2D eigenvalue weighted by Gasteiger charge is -2.44. The minimum atomic E-state index is -0.233. The molecule has 4 aromatic rings. The van der Waals surface area contributed by atoms with E-state index in [-0.39, 0.29) is 41.2 Å². The Morgan fingerprint density at radius 2 is 1.56 bits per heavy atom. The first kappa shape index (κ1) is 30.7. The van der Waals surface area contributed by atoms with Gasteiger partial charge >= 0.3 is 0 Å². The molecule has 2 heterocycles. The van der Waals surface area contributed by atoms with Crippen molar-refractivity contribution in [3.63, 3.8) is 0 Å². The zero-order valence-corrected chi connectivity index (χ0v) is 26.5. The van der Waals surface area contributed by atoms with E-state index >= 15 is 0 Å². The Labute approximate surface area is 254 Å². The highest BCUT2D eigenvalue weighted by atomic mass is 19.1. The largest absolute Gasteiger partial charge is 0.481 e. The molecular weight excluding hydrogens is 541 g/mol. The number of benzene rings is 3. The summed E-state index contributed by atoms with van der Waals surface area (Å²) in [6, 6.07) is 20.7. The summed E-state index contributed by atoms with van der Waals surface area (Å²) in [4.78, 5) is 19.4. The van der Waals surface area contributed by atoms with E-state index in [2.05, 4.69) is 65.5 Å². The molecule has 5 rings (SSSR count). The van der Waals surface area contributed by atoms with Gasteiger partial charge in [-0.2, -0.15) is 0 Å². The van der Waals surface area contributed by atoms with Crippen molar-refractivity contribution in [3.8, 4) is 11.4 Å². The maximum atomic E-state index is 13.5. The van der Waals surface area contributed by atoms with Crippen molar-refractivity contribution in [3.05, 3.63) is 83.7 Å². The number of fused-ring (bicyclic) bond motifs is 1. The second kappa shape index (κ2) is 12.1. The average molecular weight is 586 g/mol. The Hall–Kier alpha value is -3.78. The Bertz CT molecular complexity index is 1540. The first-order valence-electron chi connectivity index (χ1n) is 15.2. The van der Waals surface area contributed by atoms with Crippen LogP contribution in [-0.2, 0) is 16.8 Å². The molecule has 43 heavy (non-hydrogen) atoms. The number of aromatic nitrogens is 3. The molecule has 1 aliphatic heterocycles. The van der Waals surface area contributed by atoms with Crippen molar-refractivity contribution in [1.82, 2.24) is 24.8 Å². The van der Waals surface area contributed by atoms with Gasteiger partial charge in [-0.15, -0.1) is 15.0 Å². The van der Waals surface area contributed by atoms with Crippen LogP contribution in [-0.4, -0.2) is 62.5 Å². The van der Waals surface area contributed by atoms with E-state index in [9.17, 15) is 9.18 Å². The smallest absolute Gasteiger partial charge is 0.260 e. The highest BCUT2D eigenvalue weighted by Crippen LogP contribution is 2.38. The lowest BCUT2D eigenvalue weighted by atomic mass is 9.72. The van der Waals surface area contributed by atoms with Crippen molar-refractivity contribution in [1.29, 1.82) is 0 Å². The summed E-state index contributed by atoms with van der Waals surface area (Å²) in [6.07, 6.45) is 0.996. The number of rotatable bonds is 8. The molecule has 0 spiro atoms. The fourth-order valence-corrected chi connectivity index (χ4v) is 6.42. The van der Waals surface area contributed by atoms with E-state index in [0.717, 1.165) is 41.7 Å². The number of piperazine rings is 1. The van der Waals surface area contributed by atoms with Crippen LogP contribution in [0.25, 0.3) is 16.7 Å². The van der Waals surface area contributed by atoms with Gasteiger partial charge < -0.3 is 9.64 Å².